The Morgan fingerprint density at radius 3 is 2.33 bits per heavy atom. The summed E-state index contributed by atoms with van der Waals surface area (Å²) in [5.74, 6) is 0. The smallest absolute Gasteiger partial charge is 0.216 e. The number of rotatable bonds is 4. The van der Waals surface area contributed by atoms with Crippen LogP contribution in [0.3, 0.4) is 0 Å². The zero-order valence-electron chi connectivity index (χ0n) is 13.0. The van der Waals surface area contributed by atoms with Gasteiger partial charge in [-0.05, 0) is 44.0 Å². The van der Waals surface area contributed by atoms with Gasteiger partial charge in [-0.3, -0.25) is 4.90 Å². The maximum atomic E-state index is 12.1. The minimum absolute atomic E-state index is 0.344. The number of nitrogens with zero attached hydrogens (tertiary/aromatic N) is 2. The van der Waals surface area contributed by atoms with Crippen molar-refractivity contribution in [2.24, 2.45) is 0 Å². The molecule has 0 radical (unpaired) electrons. The fourth-order valence-electron chi connectivity index (χ4n) is 2.58. The molecule has 118 valence electrons. The molecule has 1 aromatic rings. The molecule has 0 spiro atoms. The first-order valence-electron chi connectivity index (χ1n) is 7.37. The minimum atomic E-state index is -3.12. The predicted molar refractivity (Wildman–Crippen MR) is 86.5 cm³/mol. The van der Waals surface area contributed by atoms with E-state index in [1.807, 2.05) is 12.1 Å². The summed E-state index contributed by atoms with van der Waals surface area (Å²) in [6, 6.07) is 5.96. The SMILES string of the molecule is Cc1cc(N)ccc1CN1CCN(S(=O)(=O)C(C)C)CC1. The summed E-state index contributed by atoms with van der Waals surface area (Å²) in [6.07, 6.45) is 0. The first-order valence-corrected chi connectivity index (χ1v) is 8.87. The van der Waals surface area contributed by atoms with E-state index in [2.05, 4.69) is 17.9 Å². The molecule has 0 bridgehead atoms. The van der Waals surface area contributed by atoms with Crippen LogP contribution in [-0.4, -0.2) is 49.1 Å². The Labute approximate surface area is 127 Å². The van der Waals surface area contributed by atoms with E-state index in [4.69, 9.17) is 5.73 Å². The van der Waals surface area contributed by atoms with Crippen molar-refractivity contribution in [2.75, 3.05) is 31.9 Å². The second-order valence-electron chi connectivity index (χ2n) is 5.95. The van der Waals surface area contributed by atoms with E-state index in [1.54, 1.807) is 18.2 Å². The number of anilines is 1. The van der Waals surface area contributed by atoms with E-state index in [9.17, 15) is 8.42 Å². The van der Waals surface area contributed by atoms with E-state index in [0.29, 0.717) is 13.1 Å². The zero-order valence-corrected chi connectivity index (χ0v) is 13.9. The van der Waals surface area contributed by atoms with Gasteiger partial charge in [-0.2, -0.15) is 4.31 Å². The summed E-state index contributed by atoms with van der Waals surface area (Å²) in [7, 11) is -3.12. The number of nitrogens with two attached hydrogens (primary N) is 1. The number of aryl methyl sites for hydroxylation is 1. The van der Waals surface area contributed by atoms with Gasteiger partial charge in [-0.15, -0.1) is 0 Å². The Balaban J connectivity index is 1.96. The number of hydrogen-bond donors (Lipinski definition) is 1. The monoisotopic (exact) mass is 311 g/mol. The molecule has 0 unspecified atom stereocenters. The molecule has 1 saturated heterocycles. The molecule has 1 aromatic carbocycles. The molecule has 0 atom stereocenters. The molecule has 1 fully saturated rings. The summed E-state index contributed by atoms with van der Waals surface area (Å²) in [4.78, 5) is 2.30. The van der Waals surface area contributed by atoms with E-state index >= 15 is 0 Å². The highest BCUT2D eigenvalue weighted by Crippen LogP contribution is 2.17. The van der Waals surface area contributed by atoms with Gasteiger partial charge in [0.15, 0.2) is 0 Å². The predicted octanol–water partition coefficient (Wildman–Crippen LogP) is 1.43. The van der Waals surface area contributed by atoms with Crippen molar-refractivity contribution in [3.63, 3.8) is 0 Å². The van der Waals surface area contributed by atoms with E-state index in [-0.39, 0.29) is 5.25 Å². The van der Waals surface area contributed by atoms with Gasteiger partial charge < -0.3 is 5.73 Å². The molecule has 21 heavy (non-hydrogen) atoms. The topological polar surface area (TPSA) is 66.6 Å². The van der Waals surface area contributed by atoms with Crippen molar-refractivity contribution >= 4 is 15.7 Å². The molecular formula is C15H25N3O2S. The third kappa shape index (κ3) is 3.75. The third-order valence-corrected chi connectivity index (χ3v) is 6.32. The quantitative estimate of drug-likeness (QED) is 0.854. The van der Waals surface area contributed by atoms with Gasteiger partial charge in [0, 0.05) is 38.4 Å². The minimum Gasteiger partial charge on any atom is -0.399 e. The van der Waals surface area contributed by atoms with Crippen molar-refractivity contribution in [3.05, 3.63) is 29.3 Å². The van der Waals surface area contributed by atoms with Gasteiger partial charge in [0.1, 0.15) is 0 Å². The summed E-state index contributed by atoms with van der Waals surface area (Å²) >= 11 is 0. The first-order chi connectivity index (χ1) is 9.80. The normalized spacial score (nSPS) is 18.3. The van der Waals surface area contributed by atoms with Crippen LogP contribution in [0.2, 0.25) is 0 Å². The zero-order chi connectivity index (χ0) is 15.6. The molecule has 0 saturated carbocycles. The van der Waals surface area contributed by atoms with Crippen LogP contribution < -0.4 is 5.73 Å². The molecule has 0 amide bonds. The van der Waals surface area contributed by atoms with Gasteiger partial charge in [-0.25, -0.2) is 8.42 Å². The van der Waals surface area contributed by atoms with Crippen molar-refractivity contribution in [3.8, 4) is 0 Å². The van der Waals surface area contributed by atoms with Gasteiger partial charge in [0.25, 0.3) is 0 Å². The van der Waals surface area contributed by atoms with E-state index in [1.165, 1.54) is 11.1 Å². The number of sulfonamides is 1. The van der Waals surface area contributed by atoms with Crippen LogP contribution in [0.5, 0.6) is 0 Å². The molecule has 1 aliphatic heterocycles. The van der Waals surface area contributed by atoms with E-state index < -0.39 is 10.0 Å². The van der Waals surface area contributed by atoms with Crippen molar-refractivity contribution in [1.82, 2.24) is 9.21 Å². The number of hydrogen-bond acceptors (Lipinski definition) is 4. The lowest BCUT2D eigenvalue weighted by atomic mass is 10.1. The maximum absolute atomic E-state index is 12.1. The number of piperazine rings is 1. The highest BCUT2D eigenvalue weighted by atomic mass is 32.2. The average Bonchev–Trinajstić information content (AvgIpc) is 2.42. The summed E-state index contributed by atoms with van der Waals surface area (Å²) in [5, 5.41) is -0.344. The Morgan fingerprint density at radius 2 is 1.81 bits per heavy atom. The highest BCUT2D eigenvalue weighted by molar-refractivity contribution is 7.89. The highest BCUT2D eigenvalue weighted by Gasteiger charge is 2.29. The molecule has 6 heteroatoms. The Bertz CT molecular complexity index is 591. The number of benzene rings is 1. The van der Waals surface area contributed by atoms with Gasteiger partial charge in [0.2, 0.25) is 10.0 Å². The van der Waals surface area contributed by atoms with Crippen LogP contribution in [0.1, 0.15) is 25.0 Å². The molecule has 1 aliphatic rings. The van der Waals surface area contributed by atoms with Crippen molar-refractivity contribution < 1.29 is 8.42 Å². The molecule has 0 aromatic heterocycles. The van der Waals surface area contributed by atoms with Crippen LogP contribution in [0.4, 0.5) is 5.69 Å². The first kappa shape index (κ1) is 16.3. The lowest BCUT2D eigenvalue weighted by Crippen LogP contribution is -2.50. The second-order valence-corrected chi connectivity index (χ2v) is 8.44. The van der Waals surface area contributed by atoms with Crippen LogP contribution >= 0.6 is 0 Å². The molecular weight excluding hydrogens is 286 g/mol. The maximum Gasteiger partial charge on any atom is 0.216 e. The lowest BCUT2D eigenvalue weighted by Gasteiger charge is -2.35. The van der Waals surface area contributed by atoms with Crippen LogP contribution in [-0.2, 0) is 16.6 Å². The largest absolute Gasteiger partial charge is 0.399 e. The average molecular weight is 311 g/mol. The van der Waals surface area contributed by atoms with Crippen molar-refractivity contribution in [1.29, 1.82) is 0 Å². The van der Waals surface area contributed by atoms with Gasteiger partial charge >= 0.3 is 0 Å². The van der Waals surface area contributed by atoms with Crippen molar-refractivity contribution in [2.45, 2.75) is 32.6 Å². The standard InChI is InChI=1S/C15H25N3O2S/c1-12(2)21(19,20)18-8-6-17(7-9-18)11-14-4-5-15(16)10-13(14)3/h4-5,10,12H,6-9,11,16H2,1-3H3. The van der Waals surface area contributed by atoms with Crippen LogP contribution in [0.25, 0.3) is 0 Å². The summed E-state index contributed by atoms with van der Waals surface area (Å²) in [5.41, 5.74) is 8.99. The lowest BCUT2D eigenvalue weighted by molar-refractivity contribution is 0.180. The number of nitrogen functional groups attached to an aromatic ring is 1. The van der Waals surface area contributed by atoms with E-state index in [0.717, 1.165) is 25.3 Å². The molecule has 0 aliphatic carbocycles. The third-order valence-electron chi connectivity index (χ3n) is 4.05. The van der Waals surface area contributed by atoms with Gasteiger partial charge in [-0.1, -0.05) is 6.07 Å². The van der Waals surface area contributed by atoms with Crippen LogP contribution in [0, 0.1) is 6.92 Å². The second kappa shape index (κ2) is 6.34. The van der Waals surface area contributed by atoms with Crippen LogP contribution in [0.15, 0.2) is 18.2 Å². The molecule has 5 nitrogen and oxygen atoms in total. The fourth-order valence-corrected chi connectivity index (χ4v) is 3.85. The Morgan fingerprint density at radius 1 is 1.19 bits per heavy atom. The van der Waals surface area contributed by atoms with Gasteiger partial charge in [0.05, 0.1) is 5.25 Å². The molecule has 2 rings (SSSR count). The summed E-state index contributed by atoms with van der Waals surface area (Å²) < 4.78 is 25.9. The fraction of sp³-hybridized carbons (Fsp3) is 0.600. The Kier molecular flexibility index (Phi) is 4.91. The molecule has 1 heterocycles. The summed E-state index contributed by atoms with van der Waals surface area (Å²) in [6.45, 7) is 9.08. The Hall–Kier alpha value is -1.11. The molecule has 2 N–H and O–H groups in total.